The third kappa shape index (κ3) is 6.13. The van der Waals surface area contributed by atoms with Crippen LogP contribution < -0.4 is 10.1 Å². The number of benzene rings is 3. The van der Waals surface area contributed by atoms with Gasteiger partial charge in [-0.3, -0.25) is 19.5 Å². The van der Waals surface area contributed by atoms with Crippen LogP contribution in [0.3, 0.4) is 0 Å². The van der Waals surface area contributed by atoms with E-state index in [2.05, 4.69) is 5.32 Å². The molecule has 1 N–H and O–H groups in total. The van der Waals surface area contributed by atoms with Crippen LogP contribution in [0.1, 0.15) is 27.2 Å². The first-order valence-corrected chi connectivity index (χ1v) is 12.9. The SMILES string of the molecule is COc1cccc(C(=O)N(CC(=O)Nc2nc(-c3ccc(C)cc3)cn2-c2ccc(C)cc2)Cc2ccco2)c1. The monoisotopic (exact) mass is 534 g/mol. The van der Waals surface area contributed by atoms with Crippen molar-refractivity contribution in [1.29, 1.82) is 0 Å². The summed E-state index contributed by atoms with van der Waals surface area (Å²) in [6.45, 7) is 3.96. The van der Waals surface area contributed by atoms with Gasteiger partial charge in [-0.2, -0.15) is 0 Å². The van der Waals surface area contributed by atoms with E-state index in [9.17, 15) is 9.59 Å². The number of amides is 2. The number of aryl methyl sites for hydroxylation is 2. The van der Waals surface area contributed by atoms with Crippen LogP contribution in [-0.2, 0) is 11.3 Å². The maximum Gasteiger partial charge on any atom is 0.254 e. The number of carbonyl (C=O) groups excluding carboxylic acids is 2. The molecule has 8 heteroatoms. The van der Waals surface area contributed by atoms with Crippen LogP contribution in [0, 0.1) is 13.8 Å². The molecule has 0 saturated carbocycles. The van der Waals surface area contributed by atoms with Gasteiger partial charge in [0.25, 0.3) is 5.91 Å². The van der Waals surface area contributed by atoms with E-state index in [0.717, 1.165) is 28.1 Å². The largest absolute Gasteiger partial charge is 0.497 e. The maximum absolute atomic E-state index is 13.5. The van der Waals surface area contributed by atoms with E-state index in [0.29, 0.717) is 23.0 Å². The Bertz CT molecular complexity index is 1600. The lowest BCUT2D eigenvalue weighted by Crippen LogP contribution is -2.37. The molecule has 5 aromatic rings. The first kappa shape index (κ1) is 26.5. The first-order valence-electron chi connectivity index (χ1n) is 12.9. The van der Waals surface area contributed by atoms with E-state index < -0.39 is 5.91 Å². The molecule has 2 amide bonds. The van der Waals surface area contributed by atoms with Crippen molar-refractivity contribution in [1.82, 2.24) is 14.5 Å². The summed E-state index contributed by atoms with van der Waals surface area (Å²) >= 11 is 0. The summed E-state index contributed by atoms with van der Waals surface area (Å²) in [5.41, 5.74) is 5.17. The van der Waals surface area contributed by atoms with Gasteiger partial charge in [0.05, 0.1) is 25.6 Å². The Morgan fingerprint density at radius 1 is 0.950 bits per heavy atom. The summed E-state index contributed by atoms with van der Waals surface area (Å²) in [5.74, 6) is 0.755. The van der Waals surface area contributed by atoms with Crippen molar-refractivity contribution in [3.05, 3.63) is 120 Å². The number of anilines is 1. The van der Waals surface area contributed by atoms with Crippen molar-refractivity contribution < 1.29 is 18.7 Å². The van der Waals surface area contributed by atoms with E-state index in [1.165, 1.54) is 11.2 Å². The Morgan fingerprint density at radius 3 is 2.35 bits per heavy atom. The molecule has 5 rings (SSSR count). The van der Waals surface area contributed by atoms with Crippen LogP contribution in [0.25, 0.3) is 16.9 Å². The normalized spacial score (nSPS) is 10.8. The van der Waals surface area contributed by atoms with Crippen LogP contribution in [-0.4, -0.2) is 39.9 Å². The van der Waals surface area contributed by atoms with Crippen molar-refractivity contribution in [3.63, 3.8) is 0 Å². The summed E-state index contributed by atoms with van der Waals surface area (Å²) in [5, 5.41) is 2.93. The summed E-state index contributed by atoms with van der Waals surface area (Å²) in [6.07, 6.45) is 3.43. The predicted octanol–water partition coefficient (Wildman–Crippen LogP) is 6.04. The summed E-state index contributed by atoms with van der Waals surface area (Å²) in [6, 6.07) is 26.3. The summed E-state index contributed by atoms with van der Waals surface area (Å²) in [7, 11) is 1.54. The van der Waals surface area contributed by atoms with Gasteiger partial charge in [0.1, 0.15) is 18.1 Å². The lowest BCUT2D eigenvalue weighted by atomic mass is 10.1. The van der Waals surface area contributed by atoms with E-state index >= 15 is 0 Å². The number of nitrogens with zero attached hydrogens (tertiary/aromatic N) is 3. The number of hydrogen-bond donors (Lipinski definition) is 1. The van der Waals surface area contributed by atoms with Crippen LogP contribution in [0.15, 0.2) is 102 Å². The molecule has 40 heavy (non-hydrogen) atoms. The highest BCUT2D eigenvalue weighted by atomic mass is 16.5. The zero-order valence-corrected chi connectivity index (χ0v) is 22.6. The van der Waals surface area contributed by atoms with Gasteiger partial charge >= 0.3 is 0 Å². The zero-order chi connectivity index (χ0) is 28.1. The molecule has 0 bridgehead atoms. The number of ether oxygens (including phenoxy) is 1. The zero-order valence-electron chi connectivity index (χ0n) is 22.6. The molecule has 0 aliphatic carbocycles. The van der Waals surface area contributed by atoms with Crippen LogP contribution >= 0.6 is 0 Å². The lowest BCUT2D eigenvalue weighted by Gasteiger charge is -2.21. The minimum Gasteiger partial charge on any atom is -0.497 e. The smallest absolute Gasteiger partial charge is 0.254 e. The molecule has 3 aromatic carbocycles. The van der Waals surface area contributed by atoms with Crippen LogP contribution in [0.2, 0.25) is 0 Å². The molecule has 0 aliphatic rings. The summed E-state index contributed by atoms with van der Waals surface area (Å²) in [4.78, 5) is 33.1. The molecule has 0 saturated heterocycles. The number of methoxy groups -OCH3 is 1. The Hall–Kier alpha value is -5.11. The lowest BCUT2D eigenvalue weighted by molar-refractivity contribution is -0.117. The fraction of sp³-hybridized carbons (Fsp3) is 0.156. The van der Waals surface area contributed by atoms with E-state index in [1.54, 1.807) is 43.5 Å². The molecule has 202 valence electrons. The molecule has 0 radical (unpaired) electrons. The second-order valence-corrected chi connectivity index (χ2v) is 9.54. The molecule has 0 atom stereocenters. The number of rotatable bonds is 9. The second-order valence-electron chi connectivity index (χ2n) is 9.54. The third-order valence-corrected chi connectivity index (χ3v) is 6.48. The van der Waals surface area contributed by atoms with Gasteiger partial charge in [0.15, 0.2) is 0 Å². The average Bonchev–Trinajstić information content (AvgIpc) is 3.63. The van der Waals surface area contributed by atoms with Gasteiger partial charge in [-0.05, 0) is 56.3 Å². The molecular weight excluding hydrogens is 504 g/mol. The standard InChI is InChI=1S/C32H30N4O4/c1-22-9-13-24(14-10-22)29-20-36(26-15-11-23(2)12-16-26)32(33-29)34-30(37)21-35(19-28-8-5-17-40-28)31(38)25-6-4-7-27(18-25)39-3/h4-18,20H,19,21H2,1-3H3,(H,33,34,37). The maximum atomic E-state index is 13.5. The molecule has 0 unspecified atom stereocenters. The molecular formula is C32H30N4O4. The molecule has 2 heterocycles. The van der Waals surface area contributed by atoms with E-state index in [-0.39, 0.29) is 19.0 Å². The Balaban J connectivity index is 1.43. The van der Waals surface area contributed by atoms with Gasteiger partial charge in [-0.15, -0.1) is 0 Å². The fourth-order valence-corrected chi connectivity index (χ4v) is 4.30. The topological polar surface area (TPSA) is 89.6 Å². The fourth-order valence-electron chi connectivity index (χ4n) is 4.30. The second kappa shape index (κ2) is 11.7. The van der Waals surface area contributed by atoms with Crippen molar-refractivity contribution in [2.45, 2.75) is 20.4 Å². The number of nitrogens with one attached hydrogen (secondary N) is 1. The molecule has 0 fully saturated rings. The Kier molecular flexibility index (Phi) is 7.77. The van der Waals surface area contributed by atoms with Crippen molar-refractivity contribution in [2.24, 2.45) is 0 Å². The highest BCUT2D eigenvalue weighted by Crippen LogP contribution is 2.25. The van der Waals surface area contributed by atoms with Gasteiger partial charge in [0, 0.05) is 23.0 Å². The highest BCUT2D eigenvalue weighted by Gasteiger charge is 2.22. The molecule has 0 aliphatic heterocycles. The highest BCUT2D eigenvalue weighted by molar-refractivity contribution is 5.99. The van der Waals surface area contributed by atoms with Crippen LogP contribution in [0.4, 0.5) is 5.95 Å². The van der Waals surface area contributed by atoms with Gasteiger partial charge in [-0.25, -0.2) is 4.98 Å². The first-order chi connectivity index (χ1) is 19.4. The third-order valence-electron chi connectivity index (χ3n) is 6.48. The Labute approximate surface area is 232 Å². The molecule has 2 aromatic heterocycles. The summed E-state index contributed by atoms with van der Waals surface area (Å²) < 4.78 is 12.6. The van der Waals surface area contributed by atoms with Gasteiger partial charge in [-0.1, -0.05) is 53.6 Å². The van der Waals surface area contributed by atoms with E-state index in [4.69, 9.17) is 14.1 Å². The number of furan rings is 1. The predicted molar refractivity (Wildman–Crippen MR) is 154 cm³/mol. The number of hydrogen-bond acceptors (Lipinski definition) is 5. The quantitative estimate of drug-likeness (QED) is 0.249. The van der Waals surface area contributed by atoms with Gasteiger partial charge in [0.2, 0.25) is 11.9 Å². The van der Waals surface area contributed by atoms with Crippen LogP contribution in [0.5, 0.6) is 5.75 Å². The van der Waals surface area contributed by atoms with Crippen molar-refractivity contribution in [2.75, 3.05) is 19.0 Å². The average molecular weight is 535 g/mol. The molecule has 0 spiro atoms. The number of imidazole rings is 1. The number of carbonyl (C=O) groups is 2. The molecule has 8 nitrogen and oxygen atoms in total. The minimum atomic E-state index is -0.391. The minimum absolute atomic E-state index is 0.123. The Morgan fingerprint density at radius 2 is 1.68 bits per heavy atom. The van der Waals surface area contributed by atoms with Gasteiger partial charge < -0.3 is 14.1 Å². The van der Waals surface area contributed by atoms with E-state index in [1.807, 2.05) is 73.1 Å². The van der Waals surface area contributed by atoms with Crippen molar-refractivity contribution in [3.8, 4) is 22.7 Å². The van der Waals surface area contributed by atoms with Crippen molar-refractivity contribution >= 4 is 17.8 Å². The number of aromatic nitrogens is 2.